The first-order chi connectivity index (χ1) is 12.2. The van der Waals surface area contributed by atoms with Crippen LogP contribution in [0.1, 0.15) is 22.5 Å². The molecule has 0 bridgehead atoms. The van der Waals surface area contributed by atoms with E-state index in [1.54, 1.807) is 25.1 Å². The fourth-order valence-corrected chi connectivity index (χ4v) is 3.21. The van der Waals surface area contributed by atoms with Crippen molar-refractivity contribution < 1.29 is 27.3 Å². The van der Waals surface area contributed by atoms with E-state index in [4.69, 9.17) is 4.52 Å². The van der Waals surface area contributed by atoms with Crippen molar-refractivity contribution >= 4 is 33.4 Å². The molecule has 1 aromatic heterocycles. The van der Waals surface area contributed by atoms with E-state index in [0.29, 0.717) is 5.76 Å². The van der Waals surface area contributed by atoms with Gasteiger partial charge in [-0.2, -0.15) is 0 Å². The third-order valence-corrected chi connectivity index (χ3v) is 4.60. The number of aromatic nitrogens is 1. The standard InChI is InChI=1S/C16H19N3O6S/c1-11-10-14(18-25-11)17-15(20)8-9-19(26(3,22)23)13-7-5-4-6-12(13)16(21)24-2/h4-7,10H,8-9H2,1-3H3,(H,17,18,20). The molecule has 0 fully saturated rings. The Bertz CT molecular complexity index is 906. The highest BCUT2D eigenvalue weighted by molar-refractivity contribution is 7.92. The first kappa shape index (κ1) is 19.4. The number of hydrogen-bond acceptors (Lipinski definition) is 7. The monoisotopic (exact) mass is 381 g/mol. The Labute approximate surface area is 151 Å². The van der Waals surface area contributed by atoms with Crippen LogP contribution in [-0.4, -0.2) is 45.4 Å². The number of aryl methyl sites for hydroxylation is 1. The third kappa shape index (κ3) is 4.82. The van der Waals surface area contributed by atoms with Gasteiger partial charge < -0.3 is 14.6 Å². The molecule has 0 aliphatic carbocycles. The van der Waals surface area contributed by atoms with E-state index in [0.717, 1.165) is 10.6 Å². The number of carbonyl (C=O) groups is 2. The highest BCUT2D eigenvalue weighted by atomic mass is 32.2. The second kappa shape index (κ2) is 8.00. The lowest BCUT2D eigenvalue weighted by Crippen LogP contribution is -2.34. The lowest BCUT2D eigenvalue weighted by atomic mass is 10.1. The minimum Gasteiger partial charge on any atom is -0.465 e. The second-order valence-corrected chi connectivity index (χ2v) is 7.37. The minimum atomic E-state index is -3.74. The summed E-state index contributed by atoms with van der Waals surface area (Å²) >= 11 is 0. The van der Waals surface area contributed by atoms with Gasteiger partial charge in [-0.3, -0.25) is 9.10 Å². The lowest BCUT2D eigenvalue weighted by molar-refractivity contribution is -0.116. The maximum atomic E-state index is 12.2. The number of anilines is 2. The predicted molar refractivity (Wildman–Crippen MR) is 94.5 cm³/mol. The number of nitrogens with one attached hydrogen (secondary N) is 1. The largest absolute Gasteiger partial charge is 0.465 e. The molecule has 0 unspecified atom stereocenters. The van der Waals surface area contributed by atoms with Gasteiger partial charge >= 0.3 is 5.97 Å². The topological polar surface area (TPSA) is 119 Å². The molecule has 2 aromatic rings. The summed E-state index contributed by atoms with van der Waals surface area (Å²) in [6.07, 6.45) is 0.856. The van der Waals surface area contributed by atoms with E-state index in [2.05, 4.69) is 15.2 Å². The van der Waals surface area contributed by atoms with Crippen molar-refractivity contribution in [2.45, 2.75) is 13.3 Å². The van der Waals surface area contributed by atoms with Crippen LogP contribution in [0.3, 0.4) is 0 Å². The van der Waals surface area contributed by atoms with Crippen LogP contribution in [0, 0.1) is 6.92 Å². The summed E-state index contributed by atoms with van der Waals surface area (Å²) < 4.78 is 34.9. The van der Waals surface area contributed by atoms with Gasteiger partial charge in [0.15, 0.2) is 5.82 Å². The Hall–Kier alpha value is -2.88. The van der Waals surface area contributed by atoms with Gasteiger partial charge in [-0.05, 0) is 19.1 Å². The van der Waals surface area contributed by atoms with E-state index in [9.17, 15) is 18.0 Å². The molecule has 26 heavy (non-hydrogen) atoms. The van der Waals surface area contributed by atoms with Gasteiger partial charge in [0.05, 0.1) is 24.6 Å². The summed E-state index contributed by atoms with van der Waals surface area (Å²) in [7, 11) is -2.53. The third-order valence-electron chi connectivity index (χ3n) is 3.42. The highest BCUT2D eigenvalue weighted by Gasteiger charge is 2.24. The summed E-state index contributed by atoms with van der Waals surface area (Å²) in [6, 6.07) is 7.66. The fraction of sp³-hybridized carbons (Fsp3) is 0.312. The number of esters is 1. The molecule has 140 valence electrons. The van der Waals surface area contributed by atoms with Crippen molar-refractivity contribution in [3.8, 4) is 0 Å². The van der Waals surface area contributed by atoms with Crippen LogP contribution >= 0.6 is 0 Å². The molecule has 0 spiro atoms. The average Bonchev–Trinajstić information content (AvgIpc) is 2.98. The Balaban J connectivity index is 2.19. The fourth-order valence-electron chi connectivity index (χ4n) is 2.27. The number of sulfonamides is 1. The summed E-state index contributed by atoms with van der Waals surface area (Å²) in [5.41, 5.74) is 0.236. The maximum absolute atomic E-state index is 12.2. The molecule has 1 N–H and O–H groups in total. The molecule has 2 rings (SSSR count). The van der Waals surface area contributed by atoms with Crippen molar-refractivity contribution in [1.82, 2.24) is 5.16 Å². The molecule has 1 amide bonds. The Kier molecular flexibility index (Phi) is 5.98. The Morgan fingerprint density at radius 1 is 1.31 bits per heavy atom. The van der Waals surface area contributed by atoms with E-state index in [-0.39, 0.29) is 30.0 Å². The predicted octanol–water partition coefficient (Wildman–Crippen LogP) is 1.56. The molecule has 0 atom stereocenters. The minimum absolute atomic E-state index is 0.0907. The second-order valence-electron chi connectivity index (χ2n) is 5.46. The van der Waals surface area contributed by atoms with E-state index in [1.165, 1.54) is 19.2 Å². The van der Waals surface area contributed by atoms with Gasteiger partial charge in [-0.1, -0.05) is 17.3 Å². The number of rotatable bonds is 7. The van der Waals surface area contributed by atoms with E-state index >= 15 is 0 Å². The molecule has 0 aliphatic heterocycles. The molecule has 0 radical (unpaired) electrons. The van der Waals surface area contributed by atoms with Crippen LogP contribution in [0.25, 0.3) is 0 Å². The molecule has 1 aromatic carbocycles. The van der Waals surface area contributed by atoms with Crippen molar-refractivity contribution in [2.24, 2.45) is 0 Å². The lowest BCUT2D eigenvalue weighted by Gasteiger charge is -2.24. The summed E-state index contributed by atoms with van der Waals surface area (Å²) in [5, 5.41) is 6.15. The Morgan fingerprint density at radius 3 is 2.58 bits per heavy atom. The number of para-hydroxylation sites is 1. The van der Waals surface area contributed by atoms with E-state index in [1.807, 2.05) is 0 Å². The van der Waals surface area contributed by atoms with Gasteiger partial charge in [0, 0.05) is 19.0 Å². The summed E-state index contributed by atoms with van der Waals surface area (Å²) in [5.74, 6) is -0.335. The number of carbonyl (C=O) groups excluding carboxylic acids is 2. The molecule has 1 heterocycles. The van der Waals surface area contributed by atoms with Crippen LogP contribution in [-0.2, 0) is 19.6 Å². The van der Waals surface area contributed by atoms with E-state index < -0.39 is 21.9 Å². The van der Waals surface area contributed by atoms with Crippen LogP contribution in [0.2, 0.25) is 0 Å². The average molecular weight is 381 g/mol. The number of benzene rings is 1. The van der Waals surface area contributed by atoms with Crippen LogP contribution in [0.4, 0.5) is 11.5 Å². The first-order valence-electron chi connectivity index (χ1n) is 7.60. The molecule has 9 nitrogen and oxygen atoms in total. The summed E-state index contributed by atoms with van der Waals surface area (Å²) in [6.45, 7) is 1.52. The number of amides is 1. The summed E-state index contributed by atoms with van der Waals surface area (Å²) in [4.78, 5) is 24.0. The molecule has 10 heteroatoms. The zero-order valence-corrected chi connectivity index (χ0v) is 15.4. The molecular weight excluding hydrogens is 362 g/mol. The number of ether oxygens (including phenoxy) is 1. The van der Waals surface area contributed by atoms with Crippen LogP contribution in [0.5, 0.6) is 0 Å². The van der Waals surface area contributed by atoms with Crippen molar-refractivity contribution in [1.29, 1.82) is 0 Å². The normalized spacial score (nSPS) is 11.0. The van der Waals surface area contributed by atoms with Crippen molar-refractivity contribution in [3.05, 3.63) is 41.7 Å². The molecule has 0 saturated heterocycles. The van der Waals surface area contributed by atoms with Crippen molar-refractivity contribution in [2.75, 3.05) is 29.5 Å². The van der Waals surface area contributed by atoms with Gasteiger partial charge in [0.25, 0.3) is 0 Å². The van der Waals surface area contributed by atoms with Crippen LogP contribution in [0.15, 0.2) is 34.9 Å². The van der Waals surface area contributed by atoms with Gasteiger partial charge in [-0.15, -0.1) is 0 Å². The molecule has 0 aliphatic rings. The number of methoxy groups -OCH3 is 1. The van der Waals surface area contributed by atoms with Crippen LogP contribution < -0.4 is 9.62 Å². The maximum Gasteiger partial charge on any atom is 0.340 e. The zero-order valence-electron chi connectivity index (χ0n) is 14.6. The SMILES string of the molecule is COC(=O)c1ccccc1N(CCC(=O)Nc1cc(C)on1)S(C)(=O)=O. The van der Waals surface area contributed by atoms with Gasteiger partial charge in [0.1, 0.15) is 5.76 Å². The first-order valence-corrected chi connectivity index (χ1v) is 9.45. The zero-order chi connectivity index (χ0) is 19.3. The van der Waals surface area contributed by atoms with Gasteiger partial charge in [-0.25, -0.2) is 13.2 Å². The quantitative estimate of drug-likeness (QED) is 0.723. The number of nitrogens with zero attached hydrogens (tertiary/aromatic N) is 2. The van der Waals surface area contributed by atoms with Gasteiger partial charge in [0.2, 0.25) is 15.9 Å². The Morgan fingerprint density at radius 2 is 2.00 bits per heavy atom. The molecular formula is C16H19N3O6S. The molecule has 0 saturated carbocycles. The highest BCUT2D eigenvalue weighted by Crippen LogP contribution is 2.24. The smallest absolute Gasteiger partial charge is 0.340 e. The van der Waals surface area contributed by atoms with Crippen molar-refractivity contribution in [3.63, 3.8) is 0 Å². The number of hydrogen-bond donors (Lipinski definition) is 1.